The van der Waals surface area contributed by atoms with E-state index in [-0.39, 0.29) is 47.4 Å². The van der Waals surface area contributed by atoms with E-state index in [1.807, 2.05) is 60.7 Å². The molecular formula is C20H16O3. The van der Waals surface area contributed by atoms with Gasteiger partial charge in [-0.3, -0.25) is 9.59 Å². The average Bonchev–Trinajstić information content (AvgIpc) is 3.48. The maximum absolute atomic E-state index is 12.6. The molecule has 1 saturated heterocycles. The summed E-state index contributed by atoms with van der Waals surface area (Å²) in [5, 5.41) is 0. The van der Waals surface area contributed by atoms with Gasteiger partial charge in [0.2, 0.25) is 0 Å². The number of hydrogen-bond donors (Lipinski definition) is 0. The molecule has 0 N–H and O–H groups in total. The number of benzene rings is 2. The van der Waals surface area contributed by atoms with Crippen molar-refractivity contribution in [3.05, 3.63) is 71.8 Å². The third kappa shape index (κ3) is 1.86. The summed E-state index contributed by atoms with van der Waals surface area (Å²) < 4.78 is 5.98. The molecule has 1 heterocycles. The largest absolute Gasteiger partial charge is 0.373 e. The third-order valence-electron chi connectivity index (χ3n) is 5.50. The fourth-order valence-corrected chi connectivity index (χ4v) is 4.30. The molecule has 3 nitrogen and oxygen atoms in total. The van der Waals surface area contributed by atoms with Crippen LogP contribution in [0.5, 0.6) is 0 Å². The van der Waals surface area contributed by atoms with Crippen LogP contribution >= 0.6 is 0 Å². The highest BCUT2D eigenvalue weighted by Gasteiger charge is 2.78. The second-order valence-electron chi connectivity index (χ2n) is 6.73. The number of ketones is 2. The lowest BCUT2D eigenvalue weighted by molar-refractivity contribution is 0.0732. The molecule has 23 heavy (non-hydrogen) atoms. The first-order valence-corrected chi connectivity index (χ1v) is 8.11. The molecule has 2 saturated carbocycles. The van der Waals surface area contributed by atoms with Crippen LogP contribution in [0.4, 0.5) is 0 Å². The quantitative estimate of drug-likeness (QED) is 0.816. The van der Waals surface area contributed by atoms with Gasteiger partial charge in [-0.25, -0.2) is 0 Å². The van der Waals surface area contributed by atoms with E-state index in [0.717, 1.165) is 11.1 Å². The molecule has 6 atom stereocenters. The first-order chi connectivity index (χ1) is 11.3. The van der Waals surface area contributed by atoms with E-state index in [1.54, 1.807) is 0 Å². The summed E-state index contributed by atoms with van der Waals surface area (Å²) in [7, 11) is 0. The van der Waals surface area contributed by atoms with Crippen molar-refractivity contribution in [3.8, 4) is 0 Å². The van der Waals surface area contributed by atoms with Crippen LogP contribution in [0.15, 0.2) is 60.7 Å². The number of carbonyl (C=O) groups excluding carboxylic acids is 2. The lowest BCUT2D eigenvalue weighted by atomic mass is 10.0. The Morgan fingerprint density at radius 3 is 1.43 bits per heavy atom. The summed E-state index contributed by atoms with van der Waals surface area (Å²) in [5.74, 6) is 0.712. The summed E-state index contributed by atoms with van der Waals surface area (Å²) in [5.41, 5.74) is 1.50. The van der Waals surface area contributed by atoms with Gasteiger partial charge in [0.15, 0.2) is 11.6 Å². The summed E-state index contributed by atoms with van der Waals surface area (Å²) in [6, 6.07) is 18.8. The van der Waals surface area contributed by atoms with Crippen LogP contribution in [0.25, 0.3) is 0 Å². The summed E-state index contributed by atoms with van der Waals surface area (Å²) in [4.78, 5) is 25.1. The molecule has 0 spiro atoms. The van der Waals surface area contributed by atoms with Crippen molar-refractivity contribution >= 4 is 11.6 Å². The lowest BCUT2D eigenvalue weighted by Crippen LogP contribution is -2.11. The number of Topliss-reactive ketones (excluding diaryl/α,β-unsaturated/α-hetero) is 2. The van der Waals surface area contributed by atoms with Gasteiger partial charge in [0.05, 0.1) is 24.0 Å². The predicted molar refractivity (Wildman–Crippen MR) is 84.2 cm³/mol. The van der Waals surface area contributed by atoms with Crippen LogP contribution in [0.1, 0.15) is 20.7 Å². The highest BCUT2D eigenvalue weighted by Crippen LogP contribution is 2.68. The number of fused-ring (bicyclic) bond motifs is 3. The highest BCUT2D eigenvalue weighted by molar-refractivity contribution is 6.03. The van der Waals surface area contributed by atoms with Gasteiger partial charge >= 0.3 is 0 Å². The van der Waals surface area contributed by atoms with Crippen molar-refractivity contribution in [2.45, 2.75) is 12.2 Å². The lowest BCUT2D eigenvalue weighted by Gasteiger charge is -2.03. The maximum atomic E-state index is 12.6. The molecule has 6 unspecified atom stereocenters. The molecule has 114 valence electrons. The number of hydrogen-bond acceptors (Lipinski definition) is 3. The van der Waals surface area contributed by atoms with E-state index in [2.05, 4.69) is 0 Å². The Bertz CT molecular complexity index is 716. The molecule has 0 bridgehead atoms. The second kappa shape index (κ2) is 4.62. The molecule has 3 aliphatic rings. The van der Waals surface area contributed by atoms with Crippen molar-refractivity contribution in [1.29, 1.82) is 0 Å². The van der Waals surface area contributed by atoms with Crippen LogP contribution in [0, 0.1) is 23.7 Å². The number of carbonyl (C=O) groups is 2. The van der Waals surface area contributed by atoms with Gasteiger partial charge in [-0.15, -0.1) is 0 Å². The van der Waals surface area contributed by atoms with E-state index in [1.165, 1.54) is 0 Å². The smallest absolute Gasteiger partial charge is 0.168 e. The molecular weight excluding hydrogens is 288 g/mol. The minimum absolute atomic E-state index is 0.0394. The third-order valence-corrected chi connectivity index (χ3v) is 5.50. The van der Waals surface area contributed by atoms with Gasteiger partial charge in [0, 0.05) is 23.0 Å². The second-order valence-corrected chi connectivity index (χ2v) is 6.73. The van der Waals surface area contributed by atoms with Gasteiger partial charge < -0.3 is 4.74 Å². The van der Waals surface area contributed by atoms with Crippen LogP contribution in [-0.4, -0.2) is 23.8 Å². The molecule has 2 aliphatic carbocycles. The monoisotopic (exact) mass is 304 g/mol. The van der Waals surface area contributed by atoms with Gasteiger partial charge in [-0.2, -0.15) is 0 Å². The Hall–Kier alpha value is -2.26. The minimum Gasteiger partial charge on any atom is -0.373 e. The fourth-order valence-electron chi connectivity index (χ4n) is 4.30. The zero-order valence-electron chi connectivity index (χ0n) is 12.5. The Balaban J connectivity index is 1.32. The van der Waals surface area contributed by atoms with Crippen molar-refractivity contribution < 1.29 is 14.3 Å². The number of rotatable bonds is 4. The van der Waals surface area contributed by atoms with E-state index < -0.39 is 0 Å². The van der Waals surface area contributed by atoms with E-state index >= 15 is 0 Å². The molecule has 3 heteroatoms. The predicted octanol–water partition coefficient (Wildman–Crippen LogP) is 3.01. The maximum Gasteiger partial charge on any atom is 0.168 e. The SMILES string of the molecule is O=C(c1ccccc1)C1C2OC3C(C(=O)c4ccccc4)C3C21. The molecule has 5 rings (SSSR count). The van der Waals surface area contributed by atoms with Crippen LogP contribution in [0.3, 0.4) is 0 Å². The molecule has 0 radical (unpaired) electrons. The van der Waals surface area contributed by atoms with Gasteiger partial charge in [-0.1, -0.05) is 60.7 Å². The van der Waals surface area contributed by atoms with Crippen molar-refractivity contribution in [1.82, 2.24) is 0 Å². The normalized spacial score (nSPS) is 36.0. The Labute approximate surface area is 134 Å². The Morgan fingerprint density at radius 2 is 1.04 bits per heavy atom. The summed E-state index contributed by atoms with van der Waals surface area (Å²) in [6.07, 6.45) is 0.0788. The zero-order chi connectivity index (χ0) is 15.6. The van der Waals surface area contributed by atoms with Crippen LogP contribution < -0.4 is 0 Å². The molecule has 3 fully saturated rings. The van der Waals surface area contributed by atoms with E-state index in [4.69, 9.17) is 4.74 Å². The standard InChI is InChI=1S/C20H16O3/c21-17(11-7-3-1-4-8-11)15-13-14-16(20(14)23-19(13)15)18(22)12-9-5-2-6-10-12/h1-10,13-16,19-20H. The van der Waals surface area contributed by atoms with Gasteiger partial charge in [0.25, 0.3) is 0 Å². The highest BCUT2D eigenvalue weighted by atomic mass is 16.5. The Kier molecular flexibility index (Phi) is 2.65. The first-order valence-electron chi connectivity index (χ1n) is 8.11. The van der Waals surface area contributed by atoms with Crippen molar-refractivity contribution in [2.75, 3.05) is 0 Å². The van der Waals surface area contributed by atoms with Gasteiger partial charge in [0.1, 0.15) is 0 Å². The van der Waals surface area contributed by atoms with Crippen molar-refractivity contribution in [3.63, 3.8) is 0 Å². The fraction of sp³-hybridized carbons (Fsp3) is 0.300. The summed E-state index contributed by atoms with van der Waals surface area (Å²) in [6.45, 7) is 0. The van der Waals surface area contributed by atoms with Crippen LogP contribution in [-0.2, 0) is 4.74 Å². The summed E-state index contributed by atoms with van der Waals surface area (Å²) >= 11 is 0. The molecule has 0 aromatic heterocycles. The zero-order valence-corrected chi connectivity index (χ0v) is 12.5. The van der Waals surface area contributed by atoms with E-state index in [0.29, 0.717) is 0 Å². The Morgan fingerprint density at radius 1 is 0.652 bits per heavy atom. The molecule has 0 amide bonds. The van der Waals surface area contributed by atoms with Crippen molar-refractivity contribution in [2.24, 2.45) is 23.7 Å². The van der Waals surface area contributed by atoms with E-state index in [9.17, 15) is 9.59 Å². The average molecular weight is 304 g/mol. The molecule has 2 aromatic carbocycles. The van der Waals surface area contributed by atoms with Gasteiger partial charge in [-0.05, 0) is 0 Å². The van der Waals surface area contributed by atoms with Crippen LogP contribution in [0.2, 0.25) is 0 Å². The topological polar surface area (TPSA) is 43.4 Å². The molecule has 2 aromatic rings. The number of ether oxygens (including phenoxy) is 1. The minimum atomic E-state index is -0.0489. The molecule has 1 aliphatic heterocycles. The first kappa shape index (κ1) is 13.2.